The average molecular weight is 407 g/mol. The molecule has 154 valence electrons. The smallest absolute Gasteiger partial charge is 0.416 e. The second kappa shape index (κ2) is 7.69. The number of aliphatic hydroxyl groups is 1. The highest BCUT2D eigenvalue weighted by atomic mass is 19.4. The molecule has 0 fully saturated rings. The molecule has 0 spiro atoms. The molecular weight excluding hydrogens is 387 g/mol. The van der Waals surface area contributed by atoms with Crippen LogP contribution in [-0.4, -0.2) is 31.3 Å². The van der Waals surface area contributed by atoms with Gasteiger partial charge in [-0.25, -0.2) is 0 Å². The molecule has 0 saturated carbocycles. The molecule has 1 aliphatic rings. The first-order valence-corrected chi connectivity index (χ1v) is 8.89. The summed E-state index contributed by atoms with van der Waals surface area (Å²) in [6, 6.07) is 8.77. The summed E-state index contributed by atoms with van der Waals surface area (Å²) in [6.07, 6.45) is -4.02. The third kappa shape index (κ3) is 3.62. The van der Waals surface area contributed by atoms with Crippen LogP contribution in [0.25, 0.3) is 5.57 Å². The van der Waals surface area contributed by atoms with Crippen molar-refractivity contribution in [2.24, 2.45) is 0 Å². The Labute approximate surface area is 166 Å². The number of alkyl halides is 3. The molecule has 1 atom stereocenters. The molecule has 2 aromatic rings. The summed E-state index contributed by atoms with van der Waals surface area (Å²) in [5, 5.41) is 10.5. The van der Waals surface area contributed by atoms with Crippen LogP contribution in [-0.2, 0) is 11.0 Å². The molecule has 2 aromatic carbocycles. The van der Waals surface area contributed by atoms with Crippen LogP contribution in [0.5, 0.6) is 11.5 Å². The van der Waals surface area contributed by atoms with Gasteiger partial charge in [0, 0.05) is 17.3 Å². The van der Waals surface area contributed by atoms with E-state index in [-0.39, 0.29) is 0 Å². The Morgan fingerprint density at radius 3 is 2.17 bits per heavy atom. The number of methoxy groups -OCH3 is 2. The fourth-order valence-corrected chi connectivity index (χ4v) is 3.48. The Kier molecular flexibility index (Phi) is 5.46. The van der Waals surface area contributed by atoms with Crippen LogP contribution in [0.15, 0.2) is 48.2 Å². The van der Waals surface area contributed by atoms with Crippen LogP contribution in [0.2, 0.25) is 0 Å². The maximum Gasteiger partial charge on any atom is 0.416 e. The predicted molar refractivity (Wildman–Crippen MR) is 102 cm³/mol. The van der Waals surface area contributed by atoms with Crippen LogP contribution in [0, 0.1) is 0 Å². The van der Waals surface area contributed by atoms with E-state index >= 15 is 0 Å². The van der Waals surface area contributed by atoms with Crippen molar-refractivity contribution in [1.82, 2.24) is 0 Å². The van der Waals surface area contributed by atoms with Gasteiger partial charge in [0.25, 0.3) is 5.91 Å². The molecule has 0 bridgehead atoms. The van der Waals surface area contributed by atoms with Gasteiger partial charge in [-0.2, -0.15) is 13.2 Å². The zero-order valence-corrected chi connectivity index (χ0v) is 16.1. The van der Waals surface area contributed by atoms with Gasteiger partial charge in [-0.15, -0.1) is 0 Å². The van der Waals surface area contributed by atoms with Crippen molar-refractivity contribution in [3.8, 4) is 11.5 Å². The van der Waals surface area contributed by atoms with Crippen molar-refractivity contribution < 1.29 is 32.5 Å². The summed E-state index contributed by atoms with van der Waals surface area (Å²) in [6.45, 7) is 1.83. The lowest BCUT2D eigenvalue weighted by atomic mass is 9.96. The Hall–Kier alpha value is -3.16. The van der Waals surface area contributed by atoms with Crippen LogP contribution >= 0.6 is 0 Å². The van der Waals surface area contributed by atoms with Gasteiger partial charge >= 0.3 is 6.18 Å². The maximum atomic E-state index is 12.8. The Morgan fingerprint density at radius 2 is 1.66 bits per heavy atom. The molecule has 0 aromatic heterocycles. The lowest BCUT2D eigenvalue weighted by Gasteiger charge is -2.26. The number of rotatable bonds is 5. The van der Waals surface area contributed by atoms with Crippen molar-refractivity contribution >= 4 is 17.2 Å². The molecule has 0 aliphatic carbocycles. The van der Waals surface area contributed by atoms with E-state index in [0.717, 1.165) is 12.1 Å². The van der Waals surface area contributed by atoms with Crippen LogP contribution in [0.4, 0.5) is 18.9 Å². The topological polar surface area (TPSA) is 59.0 Å². The summed E-state index contributed by atoms with van der Waals surface area (Å²) in [4.78, 5) is 14.2. The lowest BCUT2D eigenvalue weighted by Crippen LogP contribution is -2.35. The molecule has 1 amide bonds. The highest BCUT2D eigenvalue weighted by molar-refractivity contribution is 6.15. The van der Waals surface area contributed by atoms with Crippen molar-refractivity contribution in [2.75, 3.05) is 19.1 Å². The fraction of sp³-hybridized carbons (Fsp3) is 0.286. The molecule has 1 unspecified atom stereocenters. The molecule has 1 aliphatic heterocycles. The zero-order chi connectivity index (χ0) is 21.3. The first-order chi connectivity index (χ1) is 13.7. The molecule has 0 radical (unpaired) electrons. The van der Waals surface area contributed by atoms with Crippen LogP contribution in [0.3, 0.4) is 0 Å². The molecule has 0 saturated heterocycles. The van der Waals surface area contributed by atoms with E-state index < -0.39 is 29.4 Å². The van der Waals surface area contributed by atoms with Gasteiger partial charge in [0.2, 0.25) is 0 Å². The number of carbonyl (C=O) groups excluding carboxylic acids is 1. The van der Waals surface area contributed by atoms with Gasteiger partial charge in [0.15, 0.2) is 17.3 Å². The SMILES string of the molecule is CCC1C(c2ccc(C(F)(F)F)cc2)=C(O)C(=O)N1c1ccc(OC)c(OC)c1. The van der Waals surface area contributed by atoms with E-state index in [0.29, 0.717) is 34.7 Å². The van der Waals surface area contributed by atoms with E-state index in [9.17, 15) is 23.1 Å². The maximum absolute atomic E-state index is 12.8. The third-order valence-corrected chi connectivity index (χ3v) is 4.88. The molecule has 29 heavy (non-hydrogen) atoms. The monoisotopic (exact) mass is 407 g/mol. The lowest BCUT2D eigenvalue weighted by molar-refractivity contribution is -0.137. The fourth-order valence-electron chi connectivity index (χ4n) is 3.48. The first kappa shape index (κ1) is 20.6. The largest absolute Gasteiger partial charge is 0.503 e. The number of carbonyl (C=O) groups is 1. The Bertz CT molecular complexity index is 951. The number of aliphatic hydroxyl groups excluding tert-OH is 1. The average Bonchev–Trinajstić information content (AvgIpc) is 2.97. The Morgan fingerprint density at radius 1 is 1.03 bits per heavy atom. The van der Waals surface area contributed by atoms with Gasteiger partial charge in [-0.1, -0.05) is 19.1 Å². The highest BCUT2D eigenvalue weighted by Crippen LogP contribution is 2.41. The van der Waals surface area contributed by atoms with Crippen molar-refractivity contribution in [3.63, 3.8) is 0 Å². The van der Waals surface area contributed by atoms with Gasteiger partial charge < -0.3 is 14.6 Å². The number of nitrogens with zero attached hydrogens (tertiary/aromatic N) is 1. The first-order valence-electron chi connectivity index (χ1n) is 8.89. The molecule has 5 nitrogen and oxygen atoms in total. The van der Waals surface area contributed by atoms with Gasteiger partial charge in [-0.05, 0) is 36.2 Å². The predicted octanol–water partition coefficient (Wildman–Crippen LogP) is 4.82. The van der Waals surface area contributed by atoms with Crippen molar-refractivity contribution in [2.45, 2.75) is 25.6 Å². The van der Waals surface area contributed by atoms with Crippen LogP contribution in [0.1, 0.15) is 24.5 Å². The zero-order valence-electron chi connectivity index (χ0n) is 16.1. The standard InChI is InChI=1S/C21H20F3NO4/c1-4-15-18(12-5-7-13(8-6-12)21(22,23)24)19(26)20(27)25(15)14-9-10-16(28-2)17(11-14)29-3/h5-11,15,26H,4H2,1-3H3. The second-order valence-corrected chi connectivity index (χ2v) is 6.48. The van der Waals surface area contributed by atoms with Gasteiger partial charge in [0.1, 0.15) is 0 Å². The number of halogens is 3. The number of hydrogen-bond donors (Lipinski definition) is 1. The number of amides is 1. The van der Waals surface area contributed by atoms with E-state index in [4.69, 9.17) is 9.47 Å². The van der Waals surface area contributed by atoms with E-state index in [1.54, 1.807) is 18.2 Å². The minimum Gasteiger partial charge on any atom is -0.503 e. The minimum atomic E-state index is -4.46. The molecule has 1 N–H and O–H groups in total. The van der Waals surface area contributed by atoms with Gasteiger partial charge in [-0.3, -0.25) is 9.69 Å². The molecule has 3 rings (SSSR count). The summed E-state index contributed by atoms with van der Waals surface area (Å²) >= 11 is 0. The van der Waals surface area contributed by atoms with Crippen molar-refractivity contribution in [1.29, 1.82) is 0 Å². The van der Waals surface area contributed by atoms with E-state index in [1.807, 2.05) is 6.92 Å². The summed E-state index contributed by atoms with van der Waals surface area (Å²) < 4.78 is 49.0. The quantitative estimate of drug-likeness (QED) is 0.772. The minimum absolute atomic E-state index is 0.293. The summed E-state index contributed by atoms with van der Waals surface area (Å²) in [5.74, 6) is -0.212. The second-order valence-electron chi connectivity index (χ2n) is 6.48. The number of anilines is 1. The molecular formula is C21H20F3NO4. The molecule has 1 heterocycles. The normalized spacial score (nSPS) is 17.1. The van der Waals surface area contributed by atoms with Gasteiger partial charge in [0.05, 0.1) is 25.8 Å². The number of benzene rings is 2. The Balaban J connectivity index is 2.02. The number of hydrogen-bond acceptors (Lipinski definition) is 4. The molecule has 8 heteroatoms. The van der Waals surface area contributed by atoms with E-state index in [2.05, 4.69) is 0 Å². The summed E-state index contributed by atoms with van der Waals surface area (Å²) in [5.41, 5.74) is 0.336. The van der Waals surface area contributed by atoms with E-state index in [1.165, 1.54) is 31.3 Å². The van der Waals surface area contributed by atoms with Crippen LogP contribution < -0.4 is 14.4 Å². The third-order valence-electron chi connectivity index (χ3n) is 4.88. The van der Waals surface area contributed by atoms with Crippen molar-refractivity contribution in [3.05, 3.63) is 59.4 Å². The number of ether oxygens (including phenoxy) is 2. The highest BCUT2D eigenvalue weighted by Gasteiger charge is 2.40. The summed E-state index contributed by atoms with van der Waals surface area (Å²) in [7, 11) is 2.96.